The predicted molar refractivity (Wildman–Crippen MR) is 71.7 cm³/mol. The van der Waals surface area contributed by atoms with Gasteiger partial charge in [-0.3, -0.25) is 0 Å². The molecule has 17 heavy (non-hydrogen) atoms. The highest BCUT2D eigenvalue weighted by Crippen LogP contribution is 2.16. The Kier molecular flexibility index (Phi) is 3.91. The lowest BCUT2D eigenvalue weighted by atomic mass is 10.3. The van der Waals surface area contributed by atoms with E-state index in [1.807, 2.05) is 35.8 Å². The minimum Gasteiger partial charge on any atom is -0.378 e. The number of hydrogen-bond acceptors (Lipinski definition) is 4. The molecule has 2 rings (SSSR count). The van der Waals surface area contributed by atoms with Crippen molar-refractivity contribution in [3.8, 4) is 0 Å². The molecule has 0 bridgehead atoms. The monoisotopic (exact) mass is 268 g/mol. The lowest BCUT2D eigenvalue weighted by molar-refractivity contribution is 0.650. The molecule has 4 nitrogen and oxygen atoms in total. The summed E-state index contributed by atoms with van der Waals surface area (Å²) >= 11 is 10.1. The molecule has 0 aliphatic carbocycles. The molecule has 0 saturated carbocycles. The zero-order valence-electron chi connectivity index (χ0n) is 9.39. The molecular formula is C11H13ClN4S. The number of nitrogens with zero attached hydrogens (tertiary/aromatic N) is 3. The third-order valence-corrected chi connectivity index (χ3v) is 2.97. The number of nitrogens with one attached hydrogen (secondary N) is 1. The van der Waals surface area contributed by atoms with Crippen molar-refractivity contribution in [1.82, 2.24) is 14.8 Å². The van der Waals surface area contributed by atoms with Crippen LogP contribution in [0.15, 0.2) is 29.4 Å². The first-order valence-corrected chi connectivity index (χ1v) is 6.13. The third-order valence-electron chi connectivity index (χ3n) is 2.40. The highest BCUT2D eigenvalue weighted by molar-refractivity contribution is 7.80. The summed E-state index contributed by atoms with van der Waals surface area (Å²) in [5, 5.41) is 12.6. The van der Waals surface area contributed by atoms with Gasteiger partial charge >= 0.3 is 0 Å². The van der Waals surface area contributed by atoms with E-state index in [0.29, 0.717) is 16.7 Å². The lowest BCUT2D eigenvalue weighted by Gasteiger charge is -2.07. The van der Waals surface area contributed by atoms with Crippen molar-refractivity contribution in [2.45, 2.75) is 25.2 Å². The Morgan fingerprint density at radius 1 is 1.41 bits per heavy atom. The molecule has 0 aliphatic heterocycles. The van der Waals surface area contributed by atoms with Crippen molar-refractivity contribution < 1.29 is 0 Å². The molecule has 90 valence electrons. The zero-order valence-corrected chi connectivity index (χ0v) is 11.0. The number of thiol groups is 1. The summed E-state index contributed by atoms with van der Waals surface area (Å²) < 4.78 is 1.95. The van der Waals surface area contributed by atoms with Crippen molar-refractivity contribution >= 4 is 29.9 Å². The molecule has 0 fully saturated rings. The van der Waals surface area contributed by atoms with Crippen LogP contribution in [0.2, 0.25) is 5.02 Å². The summed E-state index contributed by atoms with van der Waals surface area (Å²) in [5.74, 6) is 0.859. The highest BCUT2D eigenvalue weighted by atomic mass is 35.5. The fraction of sp³-hybridized carbons (Fsp3) is 0.273. The molecule has 1 aromatic heterocycles. The van der Waals surface area contributed by atoms with E-state index in [-0.39, 0.29) is 0 Å². The fourth-order valence-corrected chi connectivity index (χ4v) is 2.05. The summed E-state index contributed by atoms with van der Waals surface area (Å²) in [6.45, 7) is 3.44. The van der Waals surface area contributed by atoms with Crippen LogP contribution in [0.4, 0.5) is 5.69 Å². The van der Waals surface area contributed by atoms with E-state index in [0.717, 1.165) is 18.1 Å². The Morgan fingerprint density at radius 2 is 2.24 bits per heavy atom. The largest absolute Gasteiger partial charge is 0.378 e. The normalized spacial score (nSPS) is 10.5. The molecule has 1 aromatic carbocycles. The Hall–Kier alpha value is -1.20. The van der Waals surface area contributed by atoms with E-state index in [2.05, 4.69) is 28.1 Å². The van der Waals surface area contributed by atoms with Crippen LogP contribution in [0, 0.1) is 0 Å². The van der Waals surface area contributed by atoms with Gasteiger partial charge in [0.05, 0.1) is 6.54 Å². The van der Waals surface area contributed by atoms with Gasteiger partial charge in [0, 0.05) is 17.3 Å². The molecule has 0 radical (unpaired) electrons. The van der Waals surface area contributed by atoms with Crippen LogP contribution in [0.25, 0.3) is 0 Å². The van der Waals surface area contributed by atoms with Gasteiger partial charge in [-0.15, -0.1) is 22.8 Å². The van der Waals surface area contributed by atoms with Crippen LogP contribution in [-0.2, 0) is 13.1 Å². The van der Waals surface area contributed by atoms with E-state index in [1.165, 1.54) is 0 Å². The molecule has 0 aliphatic rings. The van der Waals surface area contributed by atoms with Gasteiger partial charge in [0.15, 0.2) is 11.0 Å². The van der Waals surface area contributed by atoms with Crippen molar-refractivity contribution in [1.29, 1.82) is 0 Å². The topological polar surface area (TPSA) is 42.7 Å². The van der Waals surface area contributed by atoms with Crippen molar-refractivity contribution in [2.24, 2.45) is 0 Å². The van der Waals surface area contributed by atoms with E-state index in [1.54, 1.807) is 0 Å². The van der Waals surface area contributed by atoms with Crippen LogP contribution in [0.5, 0.6) is 0 Å². The highest BCUT2D eigenvalue weighted by Gasteiger charge is 2.06. The SMILES string of the molecule is CCn1c(S)nnc1CNc1cccc(Cl)c1. The first-order valence-electron chi connectivity index (χ1n) is 5.31. The Balaban J connectivity index is 2.07. The summed E-state index contributed by atoms with van der Waals surface area (Å²) in [4.78, 5) is 0. The number of halogens is 1. The van der Waals surface area contributed by atoms with Crippen LogP contribution in [0.3, 0.4) is 0 Å². The Labute approximate surface area is 110 Å². The second-order valence-electron chi connectivity index (χ2n) is 3.52. The molecule has 0 unspecified atom stereocenters. The van der Waals surface area contributed by atoms with Crippen molar-refractivity contribution in [3.05, 3.63) is 35.1 Å². The molecule has 2 aromatic rings. The van der Waals surface area contributed by atoms with Gasteiger partial charge in [0.2, 0.25) is 0 Å². The first kappa shape index (κ1) is 12.3. The summed E-state index contributed by atoms with van der Waals surface area (Å²) in [6.07, 6.45) is 0. The van der Waals surface area contributed by atoms with Gasteiger partial charge in [-0.05, 0) is 25.1 Å². The van der Waals surface area contributed by atoms with E-state index < -0.39 is 0 Å². The Bertz CT molecular complexity index is 512. The minimum atomic E-state index is 0.599. The summed E-state index contributed by atoms with van der Waals surface area (Å²) in [6, 6.07) is 7.57. The third kappa shape index (κ3) is 2.92. The number of rotatable bonds is 4. The average molecular weight is 269 g/mol. The molecule has 0 spiro atoms. The van der Waals surface area contributed by atoms with Crippen LogP contribution in [-0.4, -0.2) is 14.8 Å². The molecule has 1 heterocycles. The molecule has 1 N–H and O–H groups in total. The molecule has 0 atom stereocenters. The van der Waals surface area contributed by atoms with Gasteiger partial charge in [0.1, 0.15) is 0 Å². The fourth-order valence-electron chi connectivity index (χ4n) is 1.56. The smallest absolute Gasteiger partial charge is 0.188 e. The number of anilines is 1. The summed E-state index contributed by atoms with van der Waals surface area (Å²) in [7, 11) is 0. The molecule has 6 heteroatoms. The second-order valence-corrected chi connectivity index (χ2v) is 4.36. The summed E-state index contributed by atoms with van der Waals surface area (Å²) in [5.41, 5.74) is 0.962. The van der Waals surface area contributed by atoms with Crippen LogP contribution in [0.1, 0.15) is 12.7 Å². The number of benzene rings is 1. The first-order chi connectivity index (χ1) is 8.20. The number of hydrogen-bond donors (Lipinski definition) is 2. The average Bonchev–Trinajstić information content (AvgIpc) is 2.67. The number of aromatic nitrogens is 3. The van der Waals surface area contributed by atoms with Gasteiger partial charge in [-0.1, -0.05) is 17.7 Å². The quantitative estimate of drug-likeness (QED) is 0.838. The predicted octanol–water partition coefficient (Wildman–Crippen LogP) is 2.85. The standard InChI is InChI=1S/C11H13ClN4S/c1-2-16-10(14-15-11(16)17)7-13-9-5-3-4-8(12)6-9/h3-6,13H,2,7H2,1H3,(H,15,17). The van der Waals surface area contributed by atoms with E-state index in [9.17, 15) is 0 Å². The second kappa shape index (κ2) is 5.42. The minimum absolute atomic E-state index is 0.599. The van der Waals surface area contributed by atoms with Gasteiger partial charge < -0.3 is 9.88 Å². The zero-order chi connectivity index (χ0) is 12.3. The van der Waals surface area contributed by atoms with Gasteiger partial charge in [-0.2, -0.15) is 0 Å². The maximum absolute atomic E-state index is 5.90. The Morgan fingerprint density at radius 3 is 2.94 bits per heavy atom. The van der Waals surface area contributed by atoms with Crippen LogP contribution >= 0.6 is 24.2 Å². The maximum Gasteiger partial charge on any atom is 0.188 e. The molecule has 0 saturated heterocycles. The molecular weight excluding hydrogens is 256 g/mol. The van der Waals surface area contributed by atoms with E-state index in [4.69, 9.17) is 11.6 Å². The molecule has 0 amide bonds. The lowest BCUT2D eigenvalue weighted by Crippen LogP contribution is -2.08. The van der Waals surface area contributed by atoms with Crippen molar-refractivity contribution in [2.75, 3.05) is 5.32 Å². The van der Waals surface area contributed by atoms with Gasteiger partial charge in [-0.25, -0.2) is 0 Å². The van der Waals surface area contributed by atoms with Crippen LogP contribution < -0.4 is 5.32 Å². The van der Waals surface area contributed by atoms with Crippen molar-refractivity contribution in [3.63, 3.8) is 0 Å². The van der Waals surface area contributed by atoms with Gasteiger partial charge in [0.25, 0.3) is 0 Å². The van der Waals surface area contributed by atoms with E-state index >= 15 is 0 Å². The maximum atomic E-state index is 5.90.